The number of halogens is 1. The van der Waals surface area contributed by atoms with E-state index in [9.17, 15) is 4.79 Å². The van der Waals surface area contributed by atoms with Gasteiger partial charge in [-0.3, -0.25) is 4.79 Å². The average molecular weight is 275 g/mol. The summed E-state index contributed by atoms with van der Waals surface area (Å²) in [6.07, 6.45) is 7.02. The zero-order valence-corrected chi connectivity index (χ0v) is 12.5. The van der Waals surface area contributed by atoms with E-state index in [4.69, 9.17) is 0 Å². The maximum atomic E-state index is 12.3. The third-order valence-electron chi connectivity index (χ3n) is 4.74. The van der Waals surface area contributed by atoms with Gasteiger partial charge in [0.25, 0.3) is 0 Å². The highest BCUT2D eigenvalue weighted by Gasteiger charge is 2.33. The molecule has 2 saturated heterocycles. The Morgan fingerprint density at radius 3 is 2.50 bits per heavy atom. The Labute approximate surface area is 117 Å². The summed E-state index contributed by atoms with van der Waals surface area (Å²) in [5.41, 5.74) is 0.469. The maximum absolute atomic E-state index is 12.3. The fraction of sp³-hybridized carbons (Fsp3) is 0.929. The largest absolute Gasteiger partial charge is 0.341 e. The SMILES string of the molecule is CCC1(C)CCN(C(=O)[C@@H]2CCCCN2)CC1.Cl. The number of nitrogens with zero attached hydrogens (tertiary/aromatic N) is 1. The van der Waals surface area contributed by atoms with E-state index in [1.54, 1.807) is 0 Å². The van der Waals surface area contributed by atoms with Crippen molar-refractivity contribution in [2.75, 3.05) is 19.6 Å². The minimum atomic E-state index is 0. The summed E-state index contributed by atoms with van der Waals surface area (Å²) < 4.78 is 0. The summed E-state index contributed by atoms with van der Waals surface area (Å²) >= 11 is 0. The lowest BCUT2D eigenvalue weighted by Crippen LogP contribution is -2.51. The van der Waals surface area contributed by atoms with Crippen LogP contribution in [-0.4, -0.2) is 36.5 Å². The Bertz CT molecular complexity index is 269. The summed E-state index contributed by atoms with van der Waals surface area (Å²) in [4.78, 5) is 14.4. The molecule has 2 aliphatic heterocycles. The van der Waals surface area contributed by atoms with Gasteiger partial charge in [0.2, 0.25) is 5.91 Å². The molecule has 0 aromatic heterocycles. The minimum Gasteiger partial charge on any atom is -0.341 e. The first-order valence-electron chi connectivity index (χ1n) is 7.17. The Morgan fingerprint density at radius 2 is 2.00 bits per heavy atom. The molecule has 18 heavy (non-hydrogen) atoms. The van der Waals surface area contributed by atoms with E-state index < -0.39 is 0 Å². The van der Waals surface area contributed by atoms with Gasteiger partial charge < -0.3 is 10.2 Å². The van der Waals surface area contributed by atoms with E-state index in [1.165, 1.54) is 32.1 Å². The molecule has 2 fully saturated rings. The smallest absolute Gasteiger partial charge is 0.239 e. The van der Waals surface area contributed by atoms with Gasteiger partial charge >= 0.3 is 0 Å². The fourth-order valence-corrected chi connectivity index (χ4v) is 2.90. The minimum absolute atomic E-state index is 0. The first-order chi connectivity index (χ1) is 8.14. The molecule has 0 radical (unpaired) electrons. The first-order valence-corrected chi connectivity index (χ1v) is 7.17. The molecule has 4 heteroatoms. The van der Waals surface area contributed by atoms with E-state index in [1.807, 2.05) is 0 Å². The molecule has 0 aromatic carbocycles. The van der Waals surface area contributed by atoms with Crippen LogP contribution in [0.1, 0.15) is 52.4 Å². The summed E-state index contributed by atoms with van der Waals surface area (Å²) in [6.45, 7) is 7.55. The van der Waals surface area contributed by atoms with E-state index in [0.717, 1.165) is 26.1 Å². The molecule has 0 saturated carbocycles. The number of amides is 1. The van der Waals surface area contributed by atoms with Crippen LogP contribution in [0.3, 0.4) is 0 Å². The highest BCUT2D eigenvalue weighted by molar-refractivity contribution is 5.85. The molecule has 0 aromatic rings. The van der Waals surface area contributed by atoms with Gasteiger partial charge in [0.15, 0.2) is 0 Å². The van der Waals surface area contributed by atoms with Crippen molar-refractivity contribution < 1.29 is 4.79 Å². The second kappa shape index (κ2) is 6.76. The van der Waals surface area contributed by atoms with Crippen LogP contribution in [0.5, 0.6) is 0 Å². The van der Waals surface area contributed by atoms with Crippen molar-refractivity contribution in [3.05, 3.63) is 0 Å². The normalized spacial score (nSPS) is 27.4. The summed E-state index contributed by atoms with van der Waals surface area (Å²) in [7, 11) is 0. The molecule has 1 amide bonds. The molecule has 3 nitrogen and oxygen atoms in total. The molecule has 0 spiro atoms. The number of rotatable bonds is 2. The second-order valence-electron chi connectivity index (χ2n) is 5.99. The fourth-order valence-electron chi connectivity index (χ4n) is 2.90. The number of hydrogen-bond acceptors (Lipinski definition) is 2. The quantitative estimate of drug-likeness (QED) is 0.839. The number of hydrogen-bond donors (Lipinski definition) is 1. The molecule has 1 N–H and O–H groups in total. The van der Waals surface area contributed by atoms with Crippen molar-refractivity contribution in [1.29, 1.82) is 0 Å². The van der Waals surface area contributed by atoms with Crippen LogP contribution in [0.2, 0.25) is 0 Å². The van der Waals surface area contributed by atoms with Crippen LogP contribution in [0, 0.1) is 5.41 Å². The summed E-state index contributed by atoms with van der Waals surface area (Å²) in [5, 5.41) is 3.36. The highest BCUT2D eigenvalue weighted by Crippen LogP contribution is 2.34. The standard InChI is InChI=1S/C14H26N2O.ClH/c1-3-14(2)7-10-16(11-8-14)13(17)12-6-4-5-9-15-12;/h12,15H,3-11H2,1-2H3;1H/t12-;/m0./s1. The third kappa shape index (κ3) is 3.61. The van der Waals surface area contributed by atoms with Gasteiger partial charge in [0.05, 0.1) is 6.04 Å². The van der Waals surface area contributed by atoms with Gasteiger partial charge in [-0.1, -0.05) is 26.7 Å². The molecule has 0 unspecified atom stereocenters. The lowest BCUT2D eigenvalue weighted by molar-refractivity contribution is -0.136. The zero-order chi connectivity index (χ0) is 12.3. The zero-order valence-electron chi connectivity index (χ0n) is 11.7. The van der Waals surface area contributed by atoms with Crippen molar-refractivity contribution >= 4 is 18.3 Å². The number of piperidine rings is 2. The Kier molecular flexibility index (Phi) is 5.93. The molecule has 0 bridgehead atoms. The van der Waals surface area contributed by atoms with E-state index in [-0.39, 0.29) is 18.4 Å². The molecular formula is C14H27ClN2O. The van der Waals surface area contributed by atoms with Gasteiger partial charge in [-0.05, 0) is 37.6 Å². The van der Waals surface area contributed by atoms with Crippen LogP contribution in [0.25, 0.3) is 0 Å². The van der Waals surface area contributed by atoms with Crippen molar-refractivity contribution in [3.63, 3.8) is 0 Å². The average Bonchev–Trinajstić information content (AvgIpc) is 2.40. The number of carbonyl (C=O) groups excluding carboxylic acids is 1. The maximum Gasteiger partial charge on any atom is 0.239 e. The Balaban J connectivity index is 0.00000162. The number of nitrogens with one attached hydrogen (secondary N) is 1. The van der Waals surface area contributed by atoms with Crippen LogP contribution in [-0.2, 0) is 4.79 Å². The molecule has 0 aliphatic carbocycles. The van der Waals surface area contributed by atoms with Crippen LogP contribution >= 0.6 is 12.4 Å². The van der Waals surface area contributed by atoms with Crippen molar-refractivity contribution in [1.82, 2.24) is 10.2 Å². The third-order valence-corrected chi connectivity index (χ3v) is 4.74. The van der Waals surface area contributed by atoms with Crippen molar-refractivity contribution in [3.8, 4) is 0 Å². The van der Waals surface area contributed by atoms with Crippen molar-refractivity contribution in [2.45, 2.75) is 58.4 Å². The van der Waals surface area contributed by atoms with E-state index >= 15 is 0 Å². The second-order valence-corrected chi connectivity index (χ2v) is 5.99. The topological polar surface area (TPSA) is 32.3 Å². The summed E-state index contributed by atoms with van der Waals surface area (Å²) in [5.74, 6) is 0.350. The van der Waals surface area contributed by atoms with E-state index in [0.29, 0.717) is 11.3 Å². The van der Waals surface area contributed by atoms with Crippen LogP contribution < -0.4 is 5.32 Å². The summed E-state index contributed by atoms with van der Waals surface area (Å²) in [6, 6.07) is 0.106. The predicted molar refractivity (Wildman–Crippen MR) is 77.1 cm³/mol. The highest BCUT2D eigenvalue weighted by atomic mass is 35.5. The van der Waals surface area contributed by atoms with E-state index in [2.05, 4.69) is 24.1 Å². The van der Waals surface area contributed by atoms with Crippen molar-refractivity contribution in [2.24, 2.45) is 5.41 Å². The number of likely N-dealkylation sites (tertiary alicyclic amines) is 1. The lowest BCUT2D eigenvalue weighted by atomic mass is 9.78. The van der Waals surface area contributed by atoms with Gasteiger partial charge in [0.1, 0.15) is 0 Å². The first kappa shape index (κ1) is 15.8. The predicted octanol–water partition coefficient (Wildman–Crippen LogP) is 2.59. The molecule has 2 aliphatic rings. The molecule has 106 valence electrons. The van der Waals surface area contributed by atoms with Crippen LogP contribution in [0.4, 0.5) is 0 Å². The van der Waals surface area contributed by atoms with Gasteiger partial charge in [0, 0.05) is 13.1 Å². The van der Waals surface area contributed by atoms with Gasteiger partial charge in [-0.15, -0.1) is 12.4 Å². The van der Waals surface area contributed by atoms with Gasteiger partial charge in [-0.2, -0.15) is 0 Å². The molecule has 2 heterocycles. The Hall–Kier alpha value is -0.280. The number of carbonyl (C=O) groups is 1. The Morgan fingerprint density at radius 1 is 1.33 bits per heavy atom. The molecule has 1 atom stereocenters. The monoisotopic (exact) mass is 274 g/mol. The van der Waals surface area contributed by atoms with Crippen LogP contribution in [0.15, 0.2) is 0 Å². The molecule has 2 rings (SSSR count). The van der Waals surface area contributed by atoms with Gasteiger partial charge in [-0.25, -0.2) is 0 Å². The molecular weight excluding hydrogens is 248 g/mol. The lowest BCUT2D eigenvalue weighted by Gasteiger charge is -2.40.